The van der Waals surface area contributed by atoms with Gasteiger partial charge in [-0.15, -0.1) is 0 Å². The number of nitrogens with two attached hydrogens (primary N) is 1. The normalized spacial score (nSPS) is 10.7. The van der Waals surface area contributed by atoms with Crippen molar-refractivity contribution in [2.75, 3.05) is 27.4 Å². The molecule has 0 spiro atoms. The minimum absolute atomic E-state index is 0.113. The second-order valence-electron chi connectivity index (χ2n) is 7.11. The summed E-state index contributed by atoms with van der Waals surface area (Å²) < 4.78 is 22.7. The van der Waals surface area contributed by atoms with Crippen LogP contribution >= 0.6 is 0 Å². The smallest absolute Gasteiger partial charge is 0.254 e. The molecule has 2 heterocycles. The van der Waals surface area contributed by atoms with Crippen LogP contribution in [0.3, 0.4) is 0 Å². The summed E-state index contributed by atoms with van der Waals surface area (Å²) in [6.45, 7) is -0.0175. The van der Waals surface area contributed by atoms with Crippen LogP contribution in [0.1, 0.15) is 10.4 Å². The lowest BCUT2D eigenvalue weighted by Gasteiger charge is -2.17. The largest absolute Gasteiger partial charge is 0.493 e. The SMILES string of the molecule is COc1cc2c(Oc3cnc(-c4ccccc4)c(C(N)=O)c3OC)ccnc2cc1OCCO. The standard InChI is InChI=1S/C25H23N3O6/c1-31-19-12-16-17(13-20(19)33-11-10-29)27-9-8-18(16)34-21-14-28-23(15-6-4-3-5-7-15)22(25(26)30)24(21)32-2/h3-9,12-14,29H,10-11H2,1-2H3,(H2,26,30). The Kier molecular flexibility index (Phi) is 6.74. The van der Waals surface area contributed by atoms with E-state index in [4.69, 9.17) is 29.8 Å². The van der Waals surface area contributed by atoms with Gasteiger partial charge in [0.1, 0.15) is 17.9 Å². The highest BCUT2D eigenvalue weighted by Crippen LogP contribution is 2.41. The number of aliphatic hydroxyl groups excluding tert-OH is 1. The third kappa shape index (κ3) is 4.41. The molecule has 0 aliphatic carbocycles. The van der Waals surface area contributed by atoms with E-state index >= 15 is 0 Å². The predicted molar refractivity (Wildman–Crippen MR) is 126 cm³/mol. The van der Waals surface area contributed by atoms with Crippen molar-refractivity contribution in [3.63, 3.8) is 0 Å². The first kappa shape index (κ1) is 22.8. The van der Waals surface area contributed by atoms with Crippen LogP contribution in [0.4, 0.5) is 0 Å². The zero-order valence-electron chi connectivity index (χ0n) is 18.6. The van der Waals surface area contributed by atoms with E-state index in [9.17, 15) is 4.79 Å². The number of hydrogen-bond donors (Lipinski definition) is 2. The van der Waals surface area contributed by atoms with E-state index in [0.717, 1.165) is 5.56 Å². The third-order valence-corrected chi connectivity index (χ3v) is 5.05. The monoisotopic (exact) mass is 461 g/mol. The maximum Gasteiger partial charge on any atom is 0.254 e. The van der Waals surface area contributed by atoms with Gasteiger partial charge in [-0.25, -0.2) is 0 Å². The Hall–Kier alpha value is -4.37. The van der Waals surface area contributed by atoms with Gasteiger partial charge >= 0.3 is 0 Å². The van der Waals surface area contributed by atoms with Crippen LogP contribution in [0.2, 0.25) is 0 Å². The number of aromatic nitrogens is 2. The number of amides is 1. The number of methoxy groups -OCH3 is 2. The quantitative estimate of drug-likeness (QED) is 0.387. The van der Waals surface area contributed by atoms with Gasteiger partial charge in [0.2, 0.25) is 0 Å². The molecule has 9 nitrogen and oxygen atoms in total. The fraction of sp³-hybridized carbons (Fsp3) is 0.160. The third-order valence-electron chi connectivity index (χ3n) is 5.05. The molecule has 0 bridgehead atoms. The number of hydrogen-bond acceptors (Lipinski definition) is 8. The molecule has 1 amide bonds. The highest BCUT2D eigenvalue weighted by atomic mass is 16.5. The molecule has 3 N–H and O–H groups in total. The molecule has 34 heavy (non-hydrogen) atoms. The molecule has 0 saturated heterocycles. The summed E-state index contributed by atoms with van der Waals surface area (Å²) in [7, 11) is 2.94. The van der Waals surface area contributed by atoms with Crippen LogP contribution in [-0.2, 0) is 0 Å². The van der Waals surface area contributed by atoms with Crippen LogP contribution in [-0.4, -0.2) is 48.4 Å². The number of carbonyl (C=O) groups is 1. The van der Waals surface area contributed by atoms with Gasteiger partial charge in [0.15, 0.2) is 23.0 Å². The molecule has 174 valence electrons. The molecule has 2 aromatic carbocycles. The maximum atomic E-state index is 12.4. The van der Waals surface area contributed by atoms with Crippen molar-refractivity contribution in [2.45, 2.75) is 0 Å². The number of primary amides is 1. The van der Waals surface area contributed by atoms with Crippen molar-refractivity contribution in [3.8, 4) is 40.0 Å². The van der Waals surface area contributed by atoms with Crippen LogP contribution in [0.15, 0.2) is 60.9 Å². The van der Waals surface area contributed by atoms with Crippen molar-refractivity contribution < 1.29 is 28.8 Å². The van der Waals surface area contributed by atoms with E-state index in [0.29, 0.717) is 33.8 Å². The zero-order chi connectivity index (χ0) is 24.1. The summed E-state index contributed by atoms with van der Waals surface area (Å²) in [5.74, 6) is 1.00. The molecule has 4 rings (SSSR count). The lowest BCUT2D eigenvalue weighted by Crippen LogP contribution is -2.15. The molecule has 4 aromatic rings. The van der Waals surface area contributed by atoms with Gasteiger partial charge < -0.3 is 29.8 Å². The highest BCUT2D eigenvalue weighted by molar-refractivity contribution is 6.02. The van der Waals surface area contributed by atoms with E-state index < -0.39 is 5.91 Å². The van der Waals surface area contributed by atoms with Crippen molar-refractivity contribution in [1.82, 2.24) is 9.97 Å². The summed E-state index contributed by atoms with van der Waals surface area (Å²) in [4.78, 5) is 21.2. The summed E-state index contributed by atoms with van der Waals surface area (Å²) in [6, 6.07) is 14.3. The van der Waals surface area contributed by atoms with Crippen molar-refractivity contribution in [1.29, 1.82) is 0 Å². The van der Waals surface area contributed by atoms with Gasteiger partial charge in [-0.2, -0.15) is 0 Å². The summed E-state index contributed by atoms with van der Waals surface area (Å²) in [5.41, 5.74) is 7.50. The Bertz CT molecular complexity index is 1330. The van der Waals surface area contributed by atoms with Crippen LogP contribution in [0.25, 0.3) is 22.2 Å². The lowest BCUT2D eigenvalue weighted by atomic mass is 10.0. The Balaban J connectivity index is 1.81. The second kappa shape index (κ2) is 10.1. The Morgan fingerprint density at radius 2 is 1.76 bits per heavy atom. The number of rotatable bonds is 9. The van der Waals surface area contributed by atoms with Crippen LogP contribution < -0.4 is 24.7 Å². The molecule has 0 aliphatic heterocycles. The van der Waals surface area contributed by atoms with Crippen molar-refractivity contribution in [2.24, 2.45) is 5.73 Å². The number of aliphatic hydroxyl groups is 1. The number of pyridine rings is 2. The van der Waals surface area contributed by atoms with E-state index in [2.05, 4.69) is 9.97 Å². The molecular weight excluding hydrogens is 438 g/mol. The number of ether oxygens (including phenoxy) is 4. The van der Waals surface area contributed by atoms with Gasteiger partial charge in [0.05, 0.1) is 38.2 Å². The predicted octanol–water partition coefficient (Wildman–Crippen LogP) is 3.58. The van der Waals surface area contributed by atoms with E-state index in [-0.39, 0.29) is 30.3 Å². The maximum absolute atomic E-state index is 12.4. The second-order valence-corrected chi connectivity index (χ2v) is 7.11. The average Bonchev–Trinajstić information content (AvgIpc) is 2.87. The molecule has 0 fully saturated rings. The van der Waals surface area contributed by atoms with Crippen molar-refractivity contribution >= 4 is 16.8 Å². The number of carbonyl (C=O) groups excluding carboxylic acids is 1. The van der Waals surface area contributed by atoms with E-state index in [1.165, 1.54) is 20.4 Å². The molecule has 0 saturated carbocycles. The first-order chi connectivity index (χ1) is 16.6. The first-order valence-electron chi connectivity index (χ1n) is 10.4. The highest BCUT2D eigenvalue weighted by Gasteiger charge is 2.23. The molecule has 2 aromatic heterocycles. The number of fused-ring (bicyclic) bond motifs is 1. The molecule has 9 heteroatoms. The zero-order valence-corrected chi connectivity index (χ0v) is 18.6. The summed E-state index contributed by atoms with van der Waals surface area (Å²) in [6.07, 6.45) is 3.06. The number of benzene rings is 2. The van der Waals surface area contributed by atoms with Gasteiger partial charge in [-0.1, -0.05) is 30.3 Å². The average molecular weight is 461 g/mol. The Morgan fingerprint density at radius 1 is 0.971 bits per heavy atom. The lowest BCUT2D eigenvalue weighted by molar-refractivity contribution is 0.0997. The fourth-order valence-electron chi connectivity index (χ4n) is 3.56. The van der Waals surface area contributed by atoms with E-state index in [1.54, 1.807) is 24.4 Å². The Morgan fingerprint density at radius 3 is 2.44 bits per heavy atom. The molecule has 0 aliphatic rings. The van der Waals surface area contributed by atoms with Gasteiger partial charge in [-0.05, 0) is 12.1 Å². The Labute approximate surface area is 195 Å². The molecular formula is C25H23N3O6. The fourth-order valence-corrected chi connectivity index (χ4v) is 3.56. The van der Waals surface area contributed by atoms with Crippen LogP contribution in [0, 0.1) is 0 Å². The van der Waals surface area contributed by atoms with Gasteiger partial charge in [-0.3, -0.25) is 14.8 Å². The van der Waals surface area contributed by atoms with Gasteiger partial charge in [0.25, 0.3) is 5.91 Å². The minimum Gasteiger partial charge on any atom is -0.493 e. The number of nitrogens with zero attached hydrogens (tertiary/aromatic N) is 2. The summed E-state index contributed by atoms with van der Waals surface area (Å²) in [5, 5.41) is 9.69. The summed E-state index contributed by atoms with van der Waals surface area (Å²) >= 11 is 0. The van der Waals surface area contributed by atoms with E-state index in [1.807, 2.05) is 30.3 Å². The topological polar surface area (TPSA) is 126 Å². The van der Waals surface area contributed by atoms with Crippen LogP contribution in [0.5, 0.6) is 28.7 Å². The first-order valence-corrected chi connectivity index (χ1v) is 10.4. The minimum atomic E-state index is -0.694. The molecule has 0 unspecified atom stereocenters. The molecule has 0 atom stereocenters. The molecule has 0 radical (unpaired) electrons. The van der Waals surface area contributed by atoms with Crippen molar-refractivity contribution in [3.05, 3.63) is 66.5 Å². The van der Waals surface area contributed by atoms with Gasteiger partial charge in [0, 0.05) is 23.2 Å².